The molecule has 0 bridgehead atoms. The maximum absolute atomic E-state index is 13.1. The molecule has 4 rings (SSSR count). The van der Waals surface area contributed by atoms with Gasteiger partial charge in [-0.3, -0.25) is 9.69 Å². The van der Waals surface area contributed by atoms with Crippen LogP contribution in [0.5, 0.6) is 0 Å². The second-order valence-corrected chi connectivity index (χ2v) is 8.03. The number of carbonyl (C=O) groups is 2. The summed E-state index contributed by atoms with van der Waals surface area (Å²) in [6.07, 6.45) is 1.46. The zero-order valence-electron chi connectivity index (χ0n) is 15.5. The van der Waals surface area contributed by atoms with Crippen LogP contribution in [0.3, 0.4) is 0 Å². The summed E-state index contributed by atoms with van der Waals surface area (Å²) in [7, 11) is 0. The minimum absolute atomic E-state index is 0.0946. The highest BCUT2D eigenvalue weighted by molar-refractivity contribution is 7.11. The Morgan fingerprint density at radius 3 is 2.75 bits per heavy atom. The highest BCUT2D eigenvalue weighted by Gasteiger charge is 2.49. The number of aromatic nitrogens is 6. The fourth-order valence-electron chi connectivity index (χ4n) is 2.97. The quantitative estimate of drug-likeness (QED) is 0.648. The van der Waals surface area contributed by atoms with Gasteiger partial charge in [0.2, 0.25) is 0 Å². The van der Waals surface area contributed by atoms with Crippen molar-refractivity contribution in [1.82, 2.24) is 40.6 Å². The first kappa shape index (κ1) is 18.2. The lowest BCUT2D eigenvalue weighted by molar-refractivity contribution is -0.131. The Balaban J connectivity index is 1.61. The molecule has 3 heterocycles. The van der Waals surface area contributed by atoms with E-state index in [1.54, 1.807) is 25.1 Å². The zero-order valence-corrected chi connectivity index (χ0v) is 16.3. The van der Waals surface area contributed by atoms with Gasteiger partial charge in [0.15, 0.2) is 0 Å². The van der Waals surface area contributed by atoms with E-state index in [2.05, 4.69) is 31.0 Å². The van der Waals surface area contributed by atoms with Gasteiger partial charge < -0.3 is 5.32 Å². The fraction of sp³-hybridized carbons (Fsp3) is 0.353. The summed E-state index contributed by atoms with van der Waals surface area (Å²) in [4.78, 5) is 26.9. The standard InChI is InChI=1S/C17H18N8O2S/c1-10(2)14-21-20-13(28-14)8-24-15(26)17(3,19-16(24)27)11-5-4-6-12(7-11)25-9-18-22-23-25/h4-7,9-10H,8H2,1-3H3,(H,19,27). The molecule has 1 aliphatic heterocycles. The summed E-state index contributed by atoms with van der Waals surface area (Å²) in [6, 6.07) is 6.72. The number of rotatable bonds is 5. The molecule has 1 saturated heterocycles. The Kier molecular flexibility index (Phi) is 4.38. The lowest BCUT2D eigenvalue weighted by Gasteiger charge is -2.22. The Morgan fingerprint density at radius 1 is 1.25 bits per heavy atom. The third-order valence-electron chi connectivity index (χ3n) is 4.58. The number of tetrazole rings is 1. The van der Waals surface area contributed by atoms with Gasteiger partial charge in [0.25, 0.3) is 5.91 Å². The summed E-state index contributed by atoms with van der Waals surface area (Å²) < 4.78 is 1.49. The van der Waals surface area contributed by atoms with Crippen LogP contribution >= 0.6 is 11.3 Å². The van der Waals surface area contributed by atoms with Crippen LogP contribution in [-0.2, 0) is 16.9 Å². The van der Waals surface area contributed by atoms with Crippen LogP contribution in [0.15, 0.2) is 30.6 Å². The monoisotopic (exact) mass is 398 g/mol. The predicted molar refractivity (Wildman–Crippen MR) is 99.6 cm³/mol. The highest BCUT2D eigenvalue weighted by Crippen LogP contribution is 2.31. The molecule has 28 heavy (non-hydrogen) atoms. The maximum Gasteiger partial charge on any atom is 0.325 e. The molecule has 2 aromatic heterocycles. The molecular formula is C17H18N8O2S. The van der Waals surface area contributed by atoms with E-state index in [0.29, 0.717) is 16.3 Å². The topological polar surface area (TPSA) is 119 Å². The molecule has 1 unspecified atom stereocenters. The molecule has 1 aliphatic rings. The maximum atomic E-state index is 13.1. The number of nitrogens with one attached hydrogen (secondary N) is 1. The second-order valence-electron chi connectivity index (χ2n) is 6.94. The molecule has 1 aromatic carbocycles. The van der Waals surface area contributed by atoms with Crippen LogP contribution in [0.4, 0.5) is 4.79 Å². The Morgan fingerprint density at radius 2 is 2.07 bits per heavy atom. The molecule has 0 spiro atoms. The summed E-state index contributed by atoms with van der Waals surface area (Å²) >= 11 is 1.41. The van der Waals surface area contributed by atoms with E-state index in [4.69, 9.17) is 0 Å². The minimum Gasteiger partial charge on any atom is -0.319 e. The van der Waals surface area contributed by atoms with Gasteiger partial charge in [-0.05, 0) is 35.0 Å². The second kappa shape index (κ2) is 6.75. The van der Waals surface area contributed by atoms with E-state index in [0.717, 1.165) is 5.01 Å². The number of amides is 3. The normalized spacial score (nSPS) is 19.5. The van der Waals surface area contributed by atoms with Crippen molar-refractivity contribution in [2.45, 2.75) is 38.8 Å². The summed E-state index contributed by atoms with van der Waals surface area (Å²) in [6.45, 7) is 5.82. The highest BCUT2D eigenvalue weighted by atomic mass is 32.1. The average Bonchev–Trinajstić information content (AvgIpc) is 3.40. The lowest BCUT2D eigenvalue weighted by atomic mass is 9.91. The van der Waals surface area contributed by atoms with E-state index in [9.17, 15) is 9.59 Å². The van der Waals surface area contributed by atoms with E-state index < -0.39 is 11.6 Å². The van der Waals surface area contributed by atoms with Crippen LogP contribution in [0.2, 0.25) is 0 Å². The third kappa shape index (κ3) is 3.03. The van der Waals surface area contributed by atoms with Gasteiger partial charge in [0, 0.05) is 5.92 Å². The summed E-state index contributed by atoms with van der Waals surface area (Å²) in [5.41, 5.74) is 0.142. The smallest absolute Gasteiger partial charge is 0.319 e. The van der Waals surface area contributed by atoms with Crippen molar-refractivity contribution >= 4 is 23.3 Å². The van der Waals surface area contributed by atoms with Crippen molar-refractivity contribution in [1.29, 1.82) is 0 Å². The number of carbonyl (C=O) groups excluding carboxylic acids is 2. The molecule has 10 nitrogen and oxygen atoms in total. The summed E-state index contributed by atoms with van der Waals surface area (Å²) in [5.74, 6) is -0.0960. The van der Waals surface area contributed by atoms with Gasteiger partial charge in [-0.15, -0.1) is 15.3 Å². The van der Waals surface area contributed by atoms with Gasteiger partial charge in [0.1, 0.15) is 21.9 Å². The molecule has 1 atom stereocenters. The Bertz CT molecular complexity index is 1030. The Hall–Kier alpha value is -3.21. The number of nitrogens with zero attached hydrogens (tertiary/aromatic N) is 7. The first-order chi connectivity index (χ1) is 13.4. The SMILES string of the molecule is CC(C)c1nnc(CN2C(=O)NC(C)(c3cccc(-n4cnnn4)c3)C2=O)s1. The van der Waals surface area contributed by atoms with Crippen LogP contribution in [0.25, 0.3) is 5.69 Å². The zero-order chi connectivity index (χ0) is 19.9. The van der Waals surface area contributed by atoms with Gasteiger partial charge >= 0.3 is 6.03 Å². The van der Waals surface area contributed by atoms with E-state index in [1.165, 1.54) is 27.2 Å². The number of hydrogen-bond acceptors (Lipinski definition) is 8. The van der Waals surface area contributed by atoms with Crippen LogP contribution in [0, 0.1) is 0 Å². The molecule has 3 aromatic rings. The van der Waals surface area contributed by atoms with Gasteiger partial charge in [0.05, 0.1) is 12.2 Å². The predicted octanol–water partition coefficient (Wildman–Crippen LogP) is 1.60. The first-order valence-corrected chi connectivity index (χ1v) is 9.50. The first-order valence-electron chi connectivity index (χ1n) is 8.69. The van der Waals surface area contributed by atoms with Crippen molar-refractivity contribution < 1.29 is 9.59 Å². The molecular weight excluding hydrogens is 380 g/mol. The van der Waals surface area contributed by atoms with Crippen LogP contribution in [-0.4, -0.2) is 47.2 Å². The van der Waals surface area contributed by atoms with Crippen molar-refractivity contribution in [2.24, 2.45) is 0 Å². The number of urea groups is 1. The van der Waals surface area contributed by atoms with Crippen molar-refractivity contribution in [3.8, 4) is 5.69 Å². The molecule has 1 fully saturated rings. The van der Waals surface area contributed by atoms with E-state index in [1.807, 2.05) is 19.9 Å². The molecule has 3 amide bonds. The van der Waals surface area contributed by atoms with Crippen molar-refractivity contribution in [3.05, 3.63) is 46.2 Å². The van der Waals surface area contributed by atoms with Gasteiger partial charge in [-0.25, -0.2) is 9.48 Å². The molecule has 0 radical (unpaired) electrons. The number of imide groups is 1. The Labute approximate surface area is 164 Å². The lowest BCUT2D eigenvalue weighted by Crippen LogP contribution is -2.40. The molecule has 11 heteroatoms. The van der Waals surface area contributed by atoms with Crippen LogP contribution < -0.4 is 5.32 Å². The molecule has 0 aliphatic carbocycles. The molecule has 144 valence electrons. The van der Waals surface area contributed by atoms with Crippen molar-refractivity contribution in [3.63, 3.8) is 0 Å². The van der Waals surface area contributed by atoms with Crippen LogP contribution in [0.1, 0.15) is 42.3 Å². The number of benzene rings is 1. The van der Waals surface area contributed by atoms with E-state index >= 15 is 0 Å². The minimum atomic E-state index is -1.19. The largest absolute Gasteiger partial charge is 0.325 e. The van der Waals surface area contributed by atoms with Gasteiger partial charge in [-0.1, -0.05) is 37.3 Å². The molecule has 0 saturated carbocycles. The van der Waals surface area contributed by atoms with Crippen molar-refractivity contribution in [2.75, 3.05) is 0 Å². The average molecular weight is 398 g/mol. The molecule has 1 N–H and O–H groups in total. The fourth-order valence-corrected chi connectivity index (χ4v) is 3.81. The number of hydrogen-bond donors (Lipinski definition) is 1. The summed E-state index contributed by atoms with van der Waals surface area (Å²) in [5, 5.41) is 23.6. The van der Waals surface area contributed by atoms with E-state index in [-0.39, 0.29) is 18.4 Å². The third-order valence-corrected chi connectivity index (χ3v) is 5.79. The van der Waals surface area contributed by atoms with Gasteiger partial charge in [-0.2, -0.15) is 0 Å².